The summed E-state index contributed by atoms with van der Waals surface area (Å²) in [6.07, 6.45) is 8.02. The second-order valence-electron chi connectivity index (χ2n) is 20.8. The Labute approximate surface area is 444 Å². The van der Waals surface area contributed by atoms with Gasteiger partial charge in [-0.15, -0.1) is 11.3 Å². The molecule has 1 saturated carbocycles. The third-order valence-electron chi connectivity index (χ3n) is 14.3. The first-order valence-corrected chi connectivity index (χ1v) is 27.6. The van der Waals surface area contributed by atoms with Crippen molar-refractivity contribution in [3.63, 3.8) is 0 Å². The van der Waals surface area contributed by atoms with Gasteiger partial charge in [-0.25, -0.2) is 4.79 Å². The van der Waals surface area contributed by atoms with E-state index in [9.17, 15) is 19.2 Å². The van der Waals surface area contributed by atoms with Gasteiger partial charge >= 0.3 is 6.09 Å². The Balaban J connectivity index is 0.681. The van der Waals surface area contributed by atoms with Crippen molar-refractivity contribution < 1.29 is 52.1 Å². The molecular formula is C55H76N8O11S. The Morgan fingerprint density at radius 1 is 0.840 bits per heavy atom. The van der Waals surface area contributed by atoms with Crippen LogP contribution in [-0.4, -0.2) is 174 Å². The van der Waals surface area contributed by atoms with Crippen LogP contribution in [0.15, 0.2) is 58.6 Å². The van der Waals surface area contributed by atoms with Crippen molar-refractivity contribution in [3.05, 3.63) is 71.1 Å². The molecule has 75 heavy (non-hydrogen) atoms. The van der Waals surface area contributed by atoms with Gasteiger partial charge in [-0.1, -0.05) is 19.3 Å². The standard InChI is InChI=1S/C55H76N8O11S/c1-38-34-42-35-41(52(65)61-21-23-62(24-22-61)53(66)49(40-10-8-7-9-11-40)57-51(64)39(2)59(6)54(67)73-55(3,4)5)12-13-46(42)63(38)25-26-68-27-28-69-29-30-70-31-32-71-48-36-44(74-58-48)37-60-19-15-43(16-20-60)72-47-14-18-56-45-17-33-75-50(45)47/h12-14,17-18,33-36,39-40,43,49H,7-11,15-16,19-32,37H2,1-6H3,(H,57,64)/t39-,49-/m0/s1. The van der Waals surface area contributed by atoms with Gasteiger partial charge in [-0.3, -0.25) is 29.2 Å². The van der Waals surface area contributed by atoms with E-state index < -0.39 is 29.7 Å². The number of amides is 4. The number of aromatic nitrogens is 3. The summed E-state index contributed by atoms with van der Waals surface area (Å²) < 4.78 is 43.7. The Morgan fingerprint density at radius 2 is 1.53 bits per heavy atom. The van der Waals surface area contributed by atoms with E-state index >= 15 is 0 Å². The van der Waals surface area contributed by atoms with E-state index in [0.717, 1.165) is 96.4 Å². The molecule has 1 aliphatic carbocycles. The zero-order valence-electron chi connectivity index (χ0n) is 44.6. The maximum atomic E-state index is 14.2. The number of thiophene rings is 1. The first kappa shape index (κ1) is 55.4. The highest BCUT2D eigenvalue weighted by atomic mass is 32.1. The van der Waals surface area contributed by atoms with Gasteiger partial charge in [-0.2, -0.15) is 0 Å². The van der Waals surface area contributed by atoms with Gasteiger partial charge in [0.2, 0.25) is 11.8 Å². The minimum Gasteiger partial charge on any atom is -0.489 e. The number of hydrogen-bond donors (Lipinski definition) is 1. The molecule has 4 aromatic heterocycles. The second kappa shape index (κ2) is 26.3. The van der Waals surface area contributed by atoms with Crippen molar-refractivity contribution in [1.82, 2.24) is 39.6 Å². The number of hydrogen-bond acceptors (Lipinski definition) is 15. The van der Waals surface area contributed by atoms with Crippen LogP contribution in [0.2, 0.25) is 0 Å². The molecule has 4 amide bonds. The van der Waals surface area contributed by atoms with E-state index in [1.54, 1.807) is 48.8 Å². The molecule has 20 heteroatoms. The minimum absolute atomic E-state index is 0.000682. The molecule has 0 unspecified atom stereocenters. The fourth-order valence-electron chi connectivity index (χ4n) is 10.0. The van der Waals surface area contributed by atoms with Gasteiger partial charge < -0.3 is 52.6 Å². The number of aryl methyl sites for hydroxylation is 1. The van der Waals surface area contributed by atoms with Crippen molar-refractivity contribution in [2.45, 2.75) is 116 Å². The minimum atomic E-state index is -0.838. The molecule has 1 aromatic carbocycles. The smallest absolute Gasteiger partial charge is 0.410 e. The largest absolute Gasteiger partial charge is 0.489 e. The molecule has 1 N–H and O–H groups in total. The van der Waals surface area contributed by atoms with Crippen molar-refractivity contribution in [2.75, 3.05) is 92.6 Å². The highest BCUT2D eigenvalue weighted by molar-refractivity contribution is 7.17. The summed E-state index contributed by atoms with van der Waals surface area (Å²) in [6, 6.07) is 12.1. The van der Waals surface area contributed by atoms with Gasteiger partial charge in [-0.05, 0) is 113 Å². The maximum Gasteiger partial charge on any atom is 0.410 e. The predicted octanol–water partition coefficient (Wildman–Crippen LogP) is 7.32. The number of ether oxygens (including phenoxy) is 6. The lowest BCUT2D eigenvalue weighted by Gasteiger charge is -2.39. The monoisotopic (exact) mass is 1060 g/mol. The molecule has 6 heterocycles. The number of benzene rings is 1. The highest BCUT2D eigenvalue weighted by Gasteiger charge is 2.38. The van der Waals surface area contributed by atoms with Gasteiger partial charge in [0.05, 0.1) is 56.4 Å². The zero-order chi connectivity index (χ0) is 52.9. The Hall–Kier alpha value is -5.80. The third kappa shape index (κ3) is 15.2. The van der Waals surface area contributed by atoms with Crippen LogP contribution in [0.1, 0.15) is 94.5 Å². The van der Waals surface area contributed by atoms with E-state index in [-0.39, 0.29) is 23.8 Å². The van der Waals surface area contributed by atoms with Gasteiger partial charge in [0.1, 0.15) is 36.1 Å². The van der Waals surface area contributed by atoms with Crippen LogP contribution >= 0.6 is 11.3 Å². The lowest BCUT2D eigenvalue weighted by Crippen LogP contribution is -2.59. The van der Waals surface area contributed by atoms with E-state index in [2.05, 4.69) is 31.0 Å². The number of fused-ring (bicyclic) bond motifs is 2. The molecule has 2 atom stereocenters. The Morgan fingerprint density at radius 3 is 2.25 bits per heavy atom. The van der Waals surface area contributed by atoms with Crippen LogP contribution in [0.4, 0.5) is 4.79 Å². The first-order chi connectivity index (χ1) is 36.2. The number of nitrogens with one attached hydrogen (secondary N) is 1. The molecule has 0 bridgehead atoms. The molecular weight excluding hydrogens is 981 g/mol. The fraction of sp³-hybridized carbons (Fsp3) is 0.600. The molecule has 19 nitrogen and oxygen atoms in total. The number of nitrogens with zero attached hydrogens (tertiary/aromatic N) is 7. The van der Waals surface area contributed by atoms with Gasteiger partial charge in [0.15, 0.2) is 5.76 Å². The first-order valence-electron chi connectivity index (χ1n) is 26.7. The quantitative estimate of drug-likeness (QED) is 0.0640. The van der Waals surface area contributed by atoms with E-state index in [0.29, 0.717) is 97.0 Å². The molecule has 8 rings (SSSR count). The van der Waals surface area contributed by atoms with Crippen LogP contribution in [0.5, 0.6) is 11.6 Å². The van der Waals surface area contributed by atoms with Crippen molar-refractivity contribution >= 4 is 56.3 Å². The normalized spacial score (nSPS) is 17.0. The topological polar surface area (TPSA) is 192 Å². The van der Waals surface area contributed by atoms with E-state index in [4.69, 9.17) is 32.9 Å². The molecule has 2 saturated heterocycles. The summed E-state index contributed by atoms with van der Waals surface area (Å²) >= 11 is 1.66. The molecule has 5 aromatic rings. The average Bonchev–Trinajstić information content (AvgIpc) is 4.16. The number of piperazine rings is 1. The number of likely N-dealkylation sites (N-methyl/N-ethyl adjacent to an activating group) is 1. The van der Waals surface area contributed by atoms with Crippen LogP contribution < -0.4 is 14.8 Å². The summed E-state index contributed by atoms with van der Waals surface area (Å²) in [4.78, 5) is 65.8. The molecule has 0 spiro atoms. The van der Waals surface area contributed by atoms with Crippen LogP contribution in [-0.2, 0) is 41.6 Å². The third-order valence-corrected chi connectivity index (χ3v) is 15.2. The highest BCUT2D eigenvalue weighted by Crippen LogP contribution is 2.32. The van der Waals surface area contributed by atoms with Gasteiger partial charge in [0, 0.05) is 87.3 Å². The summed E-state index contributed by atoms with van der Waals surface area (Å²) in [5.74, 6) is 1.50. The fourth-order valence-corrected chi connectivity index (χ4v) is 10.8. The number of piperidine rings is 1. The molecule has 408 valence electrons. The second-order valence-corrected chi connectivity index (χ2v) is 21.8. The number of rotatable bonds is 23. The molecule has 0 radical (unpaired) electrons. The summed E-state index contributed by atoms with van der Waals surface area (Å²) in [5.41, 5.74) is 2.95. The van der Waals surface area contributed by atoms with Crippen molar-refractivity contribution in [3.8, 4) is 11.6 Å². The molecule has 2 aliphatic heterocycles. The van der Waals surface area contributed by atoms with E-state index in [1.165, 1.54) is 11.9 Å². The SMILES string of the molecule is Cc1cc2cc(C(=O)N3CCN(C(=O)[C@@H](NC(=O)[C@H](C)N(C)C(=O)OC(C)(C)C)C4CCCCC4)CC3)ccc2n1CCOCCOCCOCCOc1cc(CN2CCC(Oc3ccnc4ccsc34)CC2)on1. The van der Waals surface area contributed by atoms with Gasteiger partial charge in [0.25, 0.3) is 11.8 Å². The average molecular weight is 1060 g/mol. The lowest BCUT2D eigenvalue weighted by atomic mass is 9.83. The Kier molecular flexibility index (Phi) is 19.4. The summed E-state index contributed by atoms with van der Waals surface area (Å²) in [7, 11) is 1.53. The van der Waals surface area contributed by atoms with Crippen LogP contribution in [0.3, 0.4) is 0 Å². The maximum absolute atomic E-state index is 14.2. The van der Waals surface area contributed by atoms with Crippen molar-refractivity contribution in [1.29, 1.82) is 0 Å². The van der Waals surface area contributed by atoms with Crippen molar-refractivity contribution in [2.24, 2.45) is 5.92 Å². The number of carbonyl (C=O) groups excluding carboxylic acids is 4. The summed E-state index contributed by atoms with van der Waals surface area (Å²) in [5, 5.41) is 10.1. The number of pyridine rings is 1. The number of carbonyl (C=O) groups is 4. The van der Waals surface area contributed by atoms with E-state index in [1.807, 2.05) is 54.9 Å². The predicted molar refractivity (Wildman–Crippen MR) is 284 cm³/mol. The number of likely N-dealkylation sites (tertiary alicyclic amines) is 1. The lowest BCUT2D eigenvalue weighted by molar-refractivity contribution is -0.140. The van der Waals surface area contributed by atoms with Crippen LogP contribution in [0.25, 0.3) is 21.1 Å². The molecule has 3 aliphatic rings. The summed E-state index contributed by atoms with van der Waals surface area (Å²) in [6.45, 7) is 16.6. The molecule has 3 fully saturated rings. The zero-order valence-corrected chi connectivity index (χ0v) is 45.4. The Bertz CT molecular complexity index is 2660. The van der Waals surface area contributed by atoms with Crippen LogP contribution in [0, 0.1) is 12.8 Å².